The van der Waals surface area contributed by atoms with Crippen molar-refractivity contribution in [3.63, 3.8) is 0 Å². The van der Waals surface area contributed by atoms with Crippen molar-refractivity contribution in [3.8, 4) is 0 Å². The maximum absolute atomic E-state index is 11.9. The van der Waals surface area contributed by atoms with Crippen LogP contribution in [0.4, 0.5) is 13.2 Å². The molecule has 1 aliphatic rings. The highest BCUT2D eigenvalue weighted by Crippen LogP contribution is 2.25. The fourth-order valence-electron chi connectivity index (χ4n) is 2.40. The summed E-state index contributed by atoms with van der Waals surface area (Å²) < 4.78 is 41.3. The van der Waals surface area contributed by atoms with Gasteiger partial charge in [0.2, 0.25) is 0 Å². The molecule has 5 heteroatoms. The zero-order valence-electron chi connectivity index (χ0n) is 10.8. The minimum Gasteiger partial charge on any atom is -0.377 e. The van der Waals surface area contributed by atoms with Crippen LogP contribution in [-0.2, 0) is 4.74 Å². The van der Waals surface area contributed by atoms with Crippen molar-refractivity contribution >= 4 is 0 Å². The topological polar surface area (TPSA) is 12.5 Å². The smallest absolute Gasteiger partial charge is 0.377 e. The molecule has 1 heterocycles. The number of nitrogens with zero attached hydrogens (tertiary/aromatic N) is 1. The monoisotopic (exact) mass is 253 g/mol. The summed E-state index contributed by atoms with van der Waals surface area (Å²) in [5.74, 6) is 0.559. The molecule has 0 bridgehead atoms. The molecule has 1 saturated heterocycles. The summed E-state index contributed by atoms with van der Waals surface area (Å²) in [6.07, 6.45) is -3.71. The molecule has 0 radical (unpaired) electrons. The second-order valence-electron chi connectivity index (χ2n) is 5.20. The van der Waals surface area contributed by atoms with Gasteiger partial charge in [0.05, 0.1) is 6.10 Å². The quantitative estimate of drug-likeness (QED) is 0.698. The Balaban J connectivity index is 2.18. The first kappa shape index (κ1) is 14.8. The highest BCUT2D eigenvalue weighted by molar-refractivity contribution is 4.85. The van der Waals surface area contributed by atoms with Gasteiger partial charge in [-0.05, 0) is 25.8 Å². The highest BCUT2D eigenvalue weighted by Gasteiger charge is 2.32. The molecule has 102 valence electrons. The van der Waals surface area contributed by atoms with Gasteiger partial charge in [0.1, 0.15) is 0 Å². The number of likely N-dealkylation sites (N-methyl/N-ethyl adjacent to an activating group) is 1. The Morgan fingerprint density at radius 1 is 1.35 bits per heavy atom. The predicted molar refractivity (Wildman–Crippen MR) is 60.9 cm³/mol. The largest absolute Gasteiger partial charge is 0.389 e. The van der Waals surface area contributed by atoms with Crippen LogP contribution in [0.5, 0.6) is 0 Å². The number of hydrogen-bond acceptors (Lipinski definition) is 2. The summed E-state index contributed by atoms with van der Waals surface area (Å²) in [5, 5.41) is 0. The molecule has 2 nitrogen and oxygen atoms in total. The van der Waals surface area contributed by atoms with Crippen molar-refractivity contribution < 1.29 is 17.9 Å². The number of halogens is 3. The summed E-state index contributed by atoms with van der Waals surface area (Å²) >= 11 is 0. The van der Waals surface area contributed by atoms with E-state index in [1.165, 1.54) is 0 Å². The number of alkyl halides is 3. The number of likely N-dealkylation sites (tertiary alicyclic amines) is 1. The van der Waals surface area contributed by atoms with Gasteiger partial charge >= 0.3 is 6.18 Å². The van der Waals surface area contributed by atoms with Crippen LogP contribution in [0.3, 0.4) is 0 Å². The molecule has 1 aliphatic heterocycles. The SMILES string of the molecule is CC(C)C1C[C@H](OCCCC(F)(F)F)CN1C. The molecule has 0 spiro atoms. The van der Waals surface area contributed by atoms with Crippen molar-refractivity contribution in [1.29, 1.82) is 0 Å². The van der Waals surface area contributed by atoms with E-state index in [1.54, 1.807) is 0 Å². The van der Waals surface area contributed by atoms with Crippen molar-refractivity contribution in [2.45, 2.75) is 51.4 Å². The zero-order valence-corrected chi connectivity index (χ0v) is 10.8. The third-order valence-electron chi connectivity index (χ3n) is 3.29. The minimum absolute atomic E-state index is 0.0655. The molecule has 0 saturated carbocycles. The van der Waals surface area contributed by atoms with Crippen LogP contribution in [-0.4, -0.2) is 43.4 Å². The average molecular weight is 253 g/mol. The van der Waals surface area contributed by atoms with Crippen molar-refractivity contribution in [3.05, 3.63) is 0 Å². The Kier molecular flexibility index (Phi) is 5.25. The lowest BCUT2D eigenvalue weighted by molar-refractivity contribution is -0.138. The maximum Gasteiger partial charge on any atom is 0.389 e. The third-order valence-corrected chi connectivity index (χ3v) is 3.29. The van der Waals surface area contributed by atoms with Crippen molar-refractivity contribution in [2.75, 3.05) is 20.2 Å². The Morgan fingerprint density at radius 3 is 2.47 bits per heavy atom. The van der Waals surface area contributed by atoms with Gasteiger partial charge in [0, 0.05) is 25.6 Å². The van der Waals surface area contributed by atoms with Gasteiger partial charge in [-0.1, -0.05) is 13.8 Å². The molecular weight excluding hydrogens is 231 g/mol. The van der Waals surface area contributed by atoms with E-state index in [0.29, 0.717) is 12.0 Å². The van der Waals surface area contributed by atoms with Crippen LogP contribution >= 0.6 is 0 Å². The molecule has 2 atom stereocenters. The summed E-state index contributed by atoms with van der Waals surface area (Å²) in [7, 11) is 2.05. The van der Waals surface area contributed by atoms with Crippen LogP contribution in [0.1, 0.15) is 33.1 Å². The van der Waals surface area contributed by atoms with E-state index in [2.05, 4.69) is 18.7 Å². The summed E-state index contributed by atoms with van der Waals surface area (Å²) in [5.41, 5.74) is 0. The normalized spacial score (nSPS) is 27.0. The standard InChI is InChI=1S/C12H22F3NO/c1-9(2)11-7-10(8-16(11)3)17-6-4-5-12(13,14)15/h9-11H,4-8H2,1-3H3/t10-,11?/m0/s1. The van der Waals surface area contributed by atoms with Gasteiger partial charge < -0.3 is 9.64 Å². The van der Waals surface area contributed by atoms with E-state index >= 15 is 0 Å². The first-order chi connectivity index (χ1) is 7.79. The number of rotatable bonds is 5. The van der Waals surface area contributed by atoms with Crippen molar-refractivity contribution in [2.24, 2.45) is 5.92 Å². The molecule has 0 aliphatic carbocycles. The third kappa shape index (κ3) is 5.25. The molecule has 0 aromatic carbocycles. The average Bonchev–Trinajstić information content (AvgIpc) is 2.53. The number of ether oxygens (including phenoxy) is 1. The Hall–Kier alpha value is -0.290. The Bertz CT molecular complexity index is 230. The molecule has 0 aromatic rings. The van der Waals surface area contributed by atoms with E-state index in [1.807, 2.05) is 7.05 Å². The number of hydrogen-bond donors (Lipinski definition) is 0. The highest BCUT2D eigenvalue weighted by atomic mass is 19.4. The molecule has 17 heavy (non-hydrogen) atoms. The summed E-state index contributed by atoms with van der Waals surface area (Å²) in [4.78, 5) is 2.24. The molecule has 0 N–H and O–H groups in total. The van der Waals surface area contributed by atoms with Crippen LogP contribution in [0.25, 0.3) is 0 Å². The van der Waals surface area contributed by atoms with Crippen LogP contribution in [0.2, 0.25) is 0 Å². The fraction of sp³-hybridized carbons (Fsp3) is 1.00. The fourth-order valence-corrected chi connectivity index (χ4v) is 2.40. The van der Waals surface area contributed by atoms with E-state index in [0.717, 1.165) is 13.0 Å². The molecular formula is C12H22F3NO. The second-order valence-corrected chi connectivity index (χ2v) is 5.20. The first-order valence-corrected chi connectivity index (χ1v) is 6.18. The van der Waals surface area contributed by atoms with Crippen LogP contribution in [0.15, 0.2) is 0 Å². The van der Waals surface area contributed by atoms with Crippen LogP contribution in [0, 0.1) is 5.92 Å². The van der Waals surface area contributed by atoms with Gasteiger partial charge in [-0.3, -0.25) is 0 Å². The van der Waals surface area contributed by atoms with Crippen LogP contribution < -0.4 is 0 Å². The Labute approximate surface area is 101 Å². The van der Waals surface area contributed by atoms with E-state index in [4.69, 9.17) is 4.74 Å². The molecule has 0 amide bonds. The van der Waals surface area contributed by atoms with Gasteiger partial charge in [0.25, 0.3) is 0 Å². The van der Waals surface area contributed by atoms with Gasteiger partial charge in [-0.2, -0.15) is 13.2 Å². The molecule has 1 rings (SSSR count). The van der Waals surface area contributed by atoms with Crippen molar-refractivity contribution in [1.82, 2.24) is 4.90 Å². The van der Waals surface area contributed by atoms with Gasteiger partial charge in [-0.15, -0.1) is 0 Å². The van der Waals surface area contributed by atoms with Gasteiger partial charge in [0.15, 0.2) is 0 Å². The molecule has 1 unspecified atom stereocenters. The lowest BCUT2D eigenvalue weighted by Gasteiger charge is -2.22. The lowest BCUT2D eigenvalue weighted by Crippen LogP contribution is -2.29. The van der Waals surface area contributed by atoms with Gasteiger partial charge in [-0.25, -0.2) is 0 Å². The predicted octanol–water partition coefficient (Wildman–Crippen LogP) is 3.07. The summed E-state index contributed by atoms with van der Waals surface area (Å²) in [6.45, 7) is 5.36. The first-order valence-electron chi connectivity index (χ1n) is 6.18. The van der Waals surface area contributed by atoms with E-state index in [9.17, 15) is 13.2 Å². The molecule has 1 fully saturated rings. The molecule has 0 aromatic heterocycles. The zero-order chi connectivity index (χ0) is 13.1. The second kappa shape index (κ2) is 6.05. The minimum atomic E-state index is -4.06. The lowest BCUT2D eigenvalue weighted by atomic mass is 10.0. The van der Waals surface area contributed by atoms with E-state index < -0.39 is 12.6 Å². The van der Waals surface area contributed by atoms with E-state index in [-0.39, 0.29) is 19.1 Å². The summed E-state index contributed by atoms with van der Waals surface area (Å²) in [6, 6.07) is 0.489. The maximum atomic E-state index is 11.9. The Morgan fingerprint density at radius 2 is 2.00 bits per heavy atom.